The van der Waals surface area contributed by atoms with Crippen molar-refractivity contribution < 1.29 is 0 Å². The molecule has 0 aromatic carbocycles. The van der Waals surface area contributed by atoms with E-state index in [1.165, 1.54) is 16.7 Å². The summed E-state index contributed by atoms with van der Waals surface area (Å²) in [4.78, 5) is 4.21. The zero-order valence-electron chi connectivity index (χ0n) is 8.20. The molecule has 0 spiro atoms. The zero-order valence-corrected chi connectivity index (χ0v) is 8.20. The second kappa shape index (κ2) is 2.83. The third-order valence-electron chi connectivity index (χ3n) is 2.61. The number of rotatable bonds is 1. The van der Waals surface area contributed by atoms with Crippen LogP contribution < -0.4 is 0 Å². The molecular weight excluding hydrogens is 162 g/mol. The minimum absolute atomic E-state index is 0.967. The average Bonchev–Trinajstić information content (AvgIpc) is 2.59. The fourth-order valence-electron chi connectivity index (χ4n) is 1.62. The van der Waals surface area contributed by atoms with Gasteiger partial charge in [0.2, 0.25) is 0 Å². The summed E-state index contributed by atoms with van der Waals surface area (Å²) in [5, 5.41) is 4.13. The average molecular weight is 175 g/mol. The SMILES string of the molecule is CCc1cn2ncnc2c(C)c1C. The second-order valence-corrected chi connectivity index (χ2v) is 3.29. The van der Waals surface area contributed by atoms with Crippen LogP contribution in [-0.4, -0.2) is 14.6 Å². The summed E-state index contributed by atoms with van der Waals surface area (Å²) in [5.74, 6) is 0. The number of pyridine rings is 1. The standard InChI is InChI=1S/C10H13N3/c1-4-9-5-13-10(11-6-12-13)8(3)7(9)2/h5-6H,4H2,1-3H3. The lowest BCUT2D eigenvalue weighted by atomic mass is 10.1. The Morgan fingerprint density at radius 3 is 2.77 bits per heavy atom. The van der Waals surface area contributed by atoms with Crippen molar-refractivity contribution >= 4 is 5.65 Å². The molecule has 2 rings (SSSR count). The van der Waals surface area contributed by atoms with E-state index in [1.807, 2.05) is 4.52 Å². The van der Waals surface area contributed by atoms with Crippen LogP contribution in [0.2, 0.25) is 0 Å². The van der Waals surface area contributed by atoms with Crippen LogP contribution in [0.1, 0.15) is 23.6 Å². The molecule has 0 fully saturated rings. The lowest BCUT2D eigenvalue weighted by molar-refractivity contribution is 0.920. The molecule has 0 aliphatic rings. The predicted molar refractivity (Wildman–Crippen MR) is 51.8 cm³/mol. The molecule has 3 nitrogen and oxygen atoms in total. The number of aromatic nitrogens is 3. The number of hydrogen-bond acceptors (Lipinski definition) is 2. The molecule has 2 aromatic rings. The van der Waals surface area contributed by atoms with Crippen molar-refractivity contribution in [1.29, 1.82) is 0 Å². The van der Waals surface area contributed by atoms with Gasteiger partial charge in [0, 0.05) is 6.20 Å². The van der Waals surface area contributed by atoms with Gasteiger partial charge in [-0.3, -0.25) is 0 Å². The van der Waals surface area contributed by atoms with Gasteiger partial charge in [-0.15, -0.1) is 0 Å². The summed E-state index contributed by atoms with van der Waals surface area (Å²) in [5.41, 5.74) is 4.88. The molecule has 0 saturated carbocycles. The second-order valence-electron chi connectivity index (χ2n) is 3.29. The van der Waals surface area contributed by atoms with E-state index in [4.69, 9.17) is 0 Å². The van der Waals surface area contributed by atoms with E-state index in [-0.39, 0.29) is 0 Å². The van der Waals surface area contributed by atoms with Gasteiger partial charge in [-0.05, 0) is 37.0 Å². The zero-order chi connectivity index (χ0) is 9.42. The Bertz CT molecular complexity index is 443. The Kier molecular flexibility index (Phi) is 1.79. The van der Waals surface area contributed by atoms with Gasteiger partial charge in [0.15, 0.2) is 5.65 Å². The topological polar surface area (TPSA) is 30.2 Å². The number of fused-ring (bicyclic) bond motifs is 1. The molecule has 0 atom stereocenters. The molecule has 0 aliphatic carbocycles. The van der Waals surface area contributed by atoms with E-state index in [0.717, 1.165) is 12.1 Å². The monoisotopic (exact) mass is 175 g/mol. The summed E-state index contributed by atoms with van der Waals surface area (Å²) in [6, 6.07) is 0. The molecule has 3 heteroatoms. The lowest BCUT2D eigenvalue weighted by Gasteiger charge is -2.07. The first kappa shape index (κ1) is 8.23. The minimum Gasteiger partial charge on any atom is -0.221 e. The molecule has 0 bridgehead atoms. The molecule has 13 heavy (non-hydrogen) atoms. The van der Waals surface area contributed by atoms with Crippen molar-refractivity contribution in [3.05, 3.63) is 29.2 Å². The molecule has 0 radical (unpaired) electrons. The van der Waals surface area contributed by atoms with Crippen LogP contribution in [-0.2, 0) is 6.42 Å². The van der Waals surface area contributed by atoms with Crippen LogP contribution in [0.15, 0.2) is 12.5 Å². The van der Waals surface area contributed by atoms with E-state index in [0.29, 0.717) is 0 Å². The first-order valence-corrected chi connectivity index (χ1v) is 4.52. The van der Waals surface area contributed by atoms with Gasteiger partial charge in [-0.1, -0.05) is 6.92 Å². The minimum atomic E-state index is 0.967. The van der Waals surface area contributed by atoms with Crippen LogP contribution in [0.3, 0.4) is 0 Å². The van der Waals surface area contributed by atoms with Crippen molar-refractivity contribution in [3.63, 3.8) is 0 Å². The highest BCUT2D eigenvalue weighted by Crippen LogP contribution is 2.16. The molecule has 0 saturated heterocycles. The van der Waals surface area contributed by atoms with E-state index < -0.39 is 0 Å². The maximum absolute atomic E-state index is 4.21. The van der Waals surface area contributed by atoms with Gasteiger partial charge in [-0.2, -0.15) is 5.10 Å². The Hall–Kier alpha value is -1.38. The Morgan fingerprint density at radius 2 is 2.08 bits per heavy atom. The summed E-state index contributed by atoms with van der Waals surface area (Å²) < 4.78 is 1.85. The molecular formula is C10H13N3. The van der Waals surface area contributed by atoms with Gasteiger partial charge in [0.25, 0.3) is 0 Å². The summed E-state index contributed by atoms with van der Waals surface area (Å²) in [6.07, 6.45) is 4.70. The van der Waals surface area contributed by atoms with E-state index >= 15 is 0 Å². The molecule has 68 valence electrons. The van der Waals surface area contributed by atoms with Gasteiger partial charge in [-0.25, -0.2) is 9.50 Å². The summed E-state index contributed by atoms with van der Waals surface area (Å²) in [7, 11) is 0. The van der Waals surface area contributed by atoms with E-state index in [2.05, 4.69) is 37.1 Å². The highest BCUT2D eigenvalue weighted by Gasteiger charge is 2.06. The number of hydrogen-bond donors (Lipinski definition) is 0. The lowest BCUT2D eigenvalue weighted by Crippen LogP contribution is -1.98. The third kappa shape index (κ3) is 1.11. The van der Waals surface area contributed by atoms with Crippen LogP contribution in [0.4, 0.5) is 0 Å². The maximum atomic E-state index is 4.21. The largest absolute Gasteiger partial charge is 0.221 e. The number of nitrogens with zero attached hydrogens (tertiary/aromatic N) is 3. The van der Waals surface area contributed by atoms with Crippen molar-refractivity contribution in [3.8, 4) is 0 Å². The van der Waals surface area contributed by atoms with Crippen molar-refractivity contribution in [2.45, 2.75) is 27.2 Å². The summed E-state index contributed by atoms with van der Waals surface area (Å²) in [6.45, 7) is 6.39. The first-order valence-electron chi connectivity index (χ1n) is 4.52. The molecule has 2 aromatic heterocycles. The van der Waals surface area contributed by atoms with Gasteiger partial charge in [0.05, 0.1) is 0 Å². The highest BCUT2D eigenvalue weighted by molar-refractivity contribution is 5.51. The Morgan fingerprint density at radius 1 is 1.31 bits per heavy atom. The van der Waals surface area contributed by atoms with Gasteiger partial charge >= 0.3 is 0 Å². The first-order chi connectivity index (χ1) is 6.24. The molecule has 2 heterocycles. The fraction of sp³-hybridized carbons (Fsp3) is 0.400. The summed E-state index contributed by atoms with van der Waals surface area (Å²) >= 11 is 0. The van der Waals surface area contributed by atoms with Crippen LogP contribution in [0.5, 0.6) is 0 Å². The van der Waals surface area contributed by atoms with Crippen LogP contribution in [0, 0.1) is 13.8 Å². The predicted octanol–water partition coefficient (Wildman–Crippen LogP) is 1.91. The van der Waals surface area contributed by atoms with Gasteiger partial charge < -0.3 is 0 Å². The maximum Gasteiger partial charge on any atom is 0.158 e. The third-order valence-corrected chi connectivity index (χ3v) is 2.61. The molecule has 0 amide bonds. The Labute approximate surface area is 77.4 Å². The van der Waals surface area contributed by atoms with Crippen molar-refractivity contribution in [2.24, 2.45) is 0 Å². The quantitative estimate of drug-likeness (QED) is 0.662. The normalized spacial score (nSPS) is 11.0. The Balaban J connectivity index is 2.83. The van der Waals surface area contributed by atoms with E-state index in [1.54, 1.807) is 6.33 Å². The molecule has 0 N–H and O–H groups in total. The van der Waals surface area contributed by atoms with Crippen molar-refractivity contribution in [2.75, 3.05) is 0 Å². The van der Waals surface area contributed by atoms with Crippen LogP contribution >= 0.6 is 0 Å². The van der Waals surface area contributed by atoms with Crippen molar-refractivity contribution in [1.82, 2.24) is 14.6 Å². The van der Waals surface area contributed by atoms with Gasteiger partial charge in [0.1, 0.15) is 6.33 Å². The smallest absolute Gasteiger partial charge is 0.158 e. The number of aryl methyl sites for hydroxylation is 2. The fourth-order valence-corrected chi connectivity index (χ4v) is 1.62. The van der Waals surface area contributed by atoms with Crippen LogP contribution in [0.25, 0.3) is 5.65 Å². The van der Waals surface area contributed by atoms with E-state index in [9.17, 15) is 0 Å². The molecule has 0 unspecified atom stereocenters. The molecule has 0 aliphatic heterocycles. The highest BCUT2D eigenvalue weighted by atomic mass is 15.3.